The van der Waals surface area contributed by atoms with E-state index in [1.165, 1.54) is 25.3 Å². The molecule has 0 aromatic carbocycles. The molecule has 6 heterocycles. The van der Waals surface area contributed by atoms with Gasteiger partial charge in [-0.15, -0.1) is 0 Å². The van der Waals surface area contributed by atoms with E-state index in [1.54, 1.807) is 9.13 Å². The van der Waals surface area contributed by atoms with E-state index in [-0.39, 0.29) is 36.3 Å². The van der Waals surface area contributed by atoms with E-state index in [0.717, 1.165) is 0 Å². The summed E-state index contributed by atoms with van der Waals surface area (Å²) in [6.07, 6.45) is 0.403. The minimum absolute atomic E-state index is 0.146. The van der Waals surface area contributed by atoms with Crippen LogP contribution in [0.3, 0.4) is 0 Å². The number of nitrogens with zero attached hydrogens (tertiary/aromatic N) is 8. The predicted molar refractivity (Wildman–Crippen MR) is 196 cm³/mol. The van der Waals surface area contributed by atoms with Gasteiger partial charge in [0.15, 0.2) is 43.7 Å². The highest BCUT2D eigenvalue weighted by Crippen LogP contribution is 2.52. The molecule has 25 heteroatoms. The summed E-state index contributed by atoms with van der Waals surface area (Å²) in [5.41, 5.74) is 19.1. The van der Waals surface area contributed by atoms with Gasteiger partial charge >= 0.3 is 13.4 Å². The van der Waals surface area contributed by atoms with Crippen molar-refractivity contribution in [1.82, 2.24) is 44.1 Å². The van der Waals surface area contributed by atoms with Gasteiger partial charge in [0.2, 0.25) is 0 Å². The standard InChI is InChI=1S/C26H42N12O8P2S2Si/c1-26(2,3)51(4,5)46-19-16(15(8-42-47(29,40)49)45-25(19)38-12-35-18-21(28)31-10-33-23(18)38)36-48(41,50)43-7-13-6-14(39)24(44-13)37-11-34-17-20(27)30-9-32-22(17)37/h9-16,19,24-25,39H,6-8H2,1-5H3,(H2,27,30,32)(H2,28,31,33)(H3,29,40,49)(H2,36,41,50)/t13-,14+,15+,16+,19+,24+,25+,47?,48?/m0/s1. The van der Waals surface area contributed by atoms with E-state index in [4.69, 9.17) is 39.9 Å². The number of thiol groups is 2. The summed E-state index contributed by atoms with van der Waals surface area (Å²) in [6.45, 7) is 2.01. The predicted octanol–water partition coefficient (Wildman–Crippen LogP) is 2.79. The Morgan fingerprint density at radius 2 is 1.51 bits per heavy atom. The van der Waals surface area contributed by atoms with Crippen LogP contribution in [0.4, 0.5) is 11.6 Å². The lowest BCUT2D eigenvalue weighted by atomic mass is 10.1. The van der Waals surface area contributed by atoms with Gasteiger partial charge < -0.3 is 39.5 Å². The van der Waals surface area contributed by atoms with Gasteiger partial charge in [-0.05, 0) is 18.1 Å². The molecule has 4 aromatic heterocycles. The number of nitrogens with two attached hydrogens (primary N) is 3. The maximum absolute atomic E-state index is 14.1. The number of hydrogen-bond acceptors (Lipinski definition) is 16. The van der Waals surface area contributed by atoms with Crippen molar-refractivity contribution < 1.29 is 37.2 Å². The van der Waals surface area contributed by atoms with Crippen LogP contribution in [0.1, 0.15) is 39.6 Å². The molecule has 9 atom stereocenters. The quantitative estimate of drug-likeness (QED) is 0.0616. The Balaban J connectivity index is 1.26. The van der Waals surface area contributed by atoms with Crippen molar-refractivity contribution in [3.05, 3.63) is 25.3 Å². The highest BCUT2D eigenvalue weighted by Gasteiger charge is 2.53. The second kappa shape index (κ2) is 14.2. The molecule has 51 heavy (non-hydrogen) atoms. The first-order valence-corrected chi connectivity index (χ1v) is 24.3. The van der Waals surface area contributed by atoms with E-state index in [9.17, 15) is 14.2 Å². The van der Waals surface area contributed by atoms with Crippen molar-refractivity contribution in [2.75, 3.05) is 24.7 Å². The van der Waals surface area contributed by atoms with Gasteiger partial charge in [0.25, 0.3) is 0 Å². The summed E-state index contributed by atoms with van der Waals surface area (Å²) in [5.74, 6) is 0.355. The highest BCUT2D eigenvalue weighted by atomic mass is 32.7. The number of nitrogens with one attached hydrogen (secondary N) is 1. The molecule has 0 saturated carbocycles. The first-order chi connectivity index (χ1) is 23.7. The SMILES string of the molecule is CC(C)(C)[Si](C)(C)O[C@@H]1[C@H](NP(=O)(S)OC[C@@H]2C[C@@H](O)[C@H](n3cnc4c(N)ncnc43)O2)[C@@H](COP(N)(=O)S)O[C@H]1n1cnc2c(N)ncnc21. The Bertz CT molecular complexity index is 2000. The zero-order valence-electron chi connectivity index (χ0n) is 28.4. The lowest BCUT2D eigenvalue weighted by Crippen LogP contribution is -2.52. The molecule has 2 saturated heterocycles. The maximum atomic E-state index is 14.1. The second-order valence-corrected chi connectivity index (χ2v) is 24.8. The first kappa shape index (κ1) is 38.5. The van der Waals surface area contributed by atoms with E-state index in [1.807, 2.05) is 0 Å². The Morgan fingerprint density at radius 1 is 0.941 bits per heavy atom. The Morgan fingerprint density at radius 3 is 2.06 bits per heavy atom. The molecule has 4 aromatic rings. The molecule has 2 aliphatic heterocycles. The summed E-state index contributed by atoms with van der Waals surface area (Å²) in [5, 5.41) is 13.6. The number of imidazole rings is 2. The fraction of sp³-hybridized carbons (Fsp3) is 0.615. The molecule has 0 bridgehead atoms. The van der Waals surface area contributed by atoms with Crippen LogP contribution in [-0.4, -0.2) is 96.1 Å². The lowest BCUT2D eigenvalue weighted by Gasteiger charge is -2.41. The number of ether oxygens (including phenoxy) is 2. The molecular weight excluding hydrogens is 763 g/mol. The van der Waals surface area contributed by atoms with E-state index < -0.39 is 64.7 Å². The van der Waals surface area contributed by atoms with Gasteiger partial charge in [0.1, 0.15) is 42.0 Å². The van der Waals surface area contributed by atoms with Gasteiger partial charge in [-0.1, -0.05) is 45.3 Å². The van der Waals surface area contributed by atoms with Crippen molar-refractivity contribution in [2.45, 2.75) is 88.2 Å². The number of fused-ring (bicyclic) bond motifs is 2. The molecule has 2 unspecified atom stereocenters. The third kappa shape index (κ3) is 8.15. The molecule has 2 aliphatic rings. The van der Waals surface area contributed by atoms with Gasteiger partial charge in [-0.2, -0.15) is 0 Å². The zero-order chi connectivity index (χ0) is 37.1. The van der Waals surface area contributed by atoms with E-state index in [0.29, 0.717) is 22.3 Å². The maximum Gasteiger partial charge on any atom is 0.324 e. The first-order valence-electron chi connectivity index (χ1n) is 15.8. The van der Waals surface area contributed by atoms with Crippen molar-refractivity contribution in [1.29, 1.82) is 0 Å². The van der Waals surface area contributed by atoms with Crippen LogP contribution in [0.25, 0.3) is 22.3 Å². The molecular formula is C26H42N12O8P2S2Si. The van der Waals surface area contributed by atoms with Crippen molar-refractivity contribution in [3.8, 4) is 0 Å². The minimum atomic E-state index is -4.01. The van der Waals surface area contributed by atoms with Crippen LogP contribution in [0.2, 0.25) is 18.1 Å². The number of rotatable bonds is 12. The smallest absolute Gasteiger partial charge is 0.324 e. The summed E-state index contributed by atoms with van der Waals surface area (Å²) in [4.78, 5) is 25.2. The highest BCUT2D eigenvalue weighted by molar-refractivity contribution is 8.45. The molecule has 0 amide bonds. The van der Waals surface area contributed by atoms with E-state index in [2.05, 4.69) is 93.4 Å². The lowest BCUT2D eigenvalue weighted by molar-refractivity contribution is -0.0455. The number of aliphatic hydroxyl groups is 1. The van der Waals surface area contributed by atoms with Crippen LogP contribution < -0.4 is 22.1 Å². The molecule has 0 spiro atoms. The molecule has 6 rings (SSSR count). The average Bonchev–Trinajstić information content (AvgIpc) is 3.80. The van der Waals surface area contributed by atoms with Crippen LogP contribution in [0.15, 0.2) is 25.3 Å². The molecule has 2 fully saturated rings. The van der Waals surface area contributed by atoms with Gasteiger partial charge in [0.05, 0.1) is 38.0 Å². The largest absolute Gasteiger partial charge is 0.408 e. The summed E-state index contributed by atoms with van der Waals surface area (Å²) in [7, 11) is -2.59. The molecule has 280 valence electrons. The normalized spacial score (nSPS) is 28.4. The third-order valence-corrected chi connectivity index (χ3v) is 16.4. The Hall–Kier alpha value is -2.24. The molecule has 0 radical (unpaired) electrons. The van der Waals surface area contributed by atoms with Gasteiger partial charge in [-0.3, -0.25) is 23.8 Å². The fourth-order valence-electron chi connectivity index (χ4n) is 5.69. The van der Waals surface area contributed by atoms with Crippen LogP contribution in [0.5, 0.6) is 0 Å². The number of anilines is 2. The van der Waals surface area contributed by atoms with Crippen LogP contribution in [-0.2, 0) is 32.1 Å². The Labute approximate surface area is 304 Å². The van der Waals surface area contributed by atoms with Crippen LogP contribution >= 0.6 is 37.9 Å². The van der Waals surface area contributed by atoms with Crippen LogP contribution in [0, 0.1) is 0 Å². The topological polar surface area (TPSA) is 278 Å². The third-order valence-electron chi connectivity index (χ3n) is 9.25. The van der Waals surface area contributed by atoms with Crippen molar-refractivity contribution >= 4 is 80.2 Å². The van der Waals surface area contributed by atoms with Crippen molar-refractivity contribution in [2.24, 2.45) is 5.50 Å². The molecule has 20 nitrogen and oxygen atoms in total. The molecule has 8 N–H and O–H groups in total. The van der Waals surface area contributed by atoms with E-state index >= 15 is 0 Å². The number of aliphatic hydroxyl groups excluding tert-OH is 1. The van der Waals surface area contributed by atoms with Gasteiger partial charge in [-0.25, -0.2) is 35.0 Å². The summed E-state index contributed by atoms with van der Waals surface area (Å²) >= 11 is 8.29. The Kier molecular flexibility index (Phi) is 10.7. The number of nitrogen functional groups attached to an aromatic ring is 2. The zero-order valence-corrected chi connectivity index (χ0v) is 33.0. The van der Waals surface area contributed by atoms with Gasteiger partial charge in [0, 0.05) is 6.42 Å². The number of hydrogen-bond donors (Lipinski definition) is 7. The fourth-order valence-corrected chi connectivity index (χ4v) is 9.28. The summed E-state index contributed by atoms with van der Waals surface area (Å²) in [6, 6.07) is -0.936. The number of aromatic nitrogens is 8. The monoisotopic (exact) mass is 804 g/mol. The van der Waals surface area contributed by atoms with Crippen molar-refractivity contribution in [3.63, 3.8) is 0 Å². The minimum Gasteiger partial charge on any atom is -0.408 e. The average molecular weight is 805 g/mol. The summed E-state index contributed by atoms with van der Waals surface area (Å²) < 4.78 is 60.4. The molecule has 0 aliphatic carbocycles. The second-order valence-electron chi connectivity index (χ2n) is 13.9.